The van der Waals surface area contributed by atoms with Crippen LogP contribution >= 0.6 is 0 Å². The van der Waals surface area contributed by atoms with Gasteiger partial charge in [0.15, 0.2) is 0 Å². The lowest BCUT2D eigenvalue weighted by Crippen LogP contribution is -2.27. The Kier molecular flexibility index (Phi) is 2.30. The molecule has 0 amide bonds. The standard InChI is InChI=1S/C12H18N4/c1-7-8(2)15-16-12(13-7)14-11-6-9-3-4-10(11)5-9/h9-11H,3-6H2,1-2H3,(H,13,14,16). The van der Waals surface area contributed by atoms with E-state index in [1.54, 1.807) is 0 Å². The molecular formula is C12H18N4. The van der Waals surface area contributed by atoms with Gasteiger partial charge in [-0.3, -0.25) is 0 Å². The smallest absolute Gasteiger partial charge is 0.243 e. The molecule has 2 aliphatic rings. The van der Waals surface area contributed by atoms with Crippen LogP contribution in [0, 0.1) is 25.7 Å². The molecule has 3 atom stereocenters. The van der Waals surface area contributed by atoms with Gasteiger partial charge < -0.3 is 5.32 Å². The zero-order chi connectivity index (χ0) is 11.1. The summed E-state index contributed by atoms with van der Waals surface area (Å²) >= 11 is 0. The van der Waals surface area contributed by atoms with E-state index in [2.05, 4.69) is 20.5 Å². The molecule has 2 bridgehead atoms. The average Bonchev–Trinajstić information content (AvgIpc) is 2.85. The van der Waals surface area contributed by atoms with Crippen molar-refractivity contribution in [3.05, 3.63) is 11.4 Å². The molecule has 2 aliphatic carbocycles. The monoisotopic (exact) mass is 218 g/mol. The third-order valence-corrected chi connectivity index (χ3v) is 4.14. The predicted molar refractivity (Wildman–Crippen MR) is 62.2 cm³/mol. The summed E-state index contributed by atoms with van der Waals surface area (Å²) in [5.41, 5.74) is 1.89. The normalized spacial score (nSPS) is 32.0. The molecule has 0 radical (unpaired) electrons. The van der Waals surface area contributed by atoms with E-state index in [4.69, 9.17) is 0 Å². The number of nitrogens with zero attached hydrogens (tertiary/aromatic N) is 3. The van der Waals surface area contributed by atoms with E-state index in [1.807, 2.05) is 13.8 Å². The van der Waals surface area contributed by atoms with Crippen LogP contribution < -0.4 is 5.32 Å². The zero-order valence-electron chi connectivity index (χ0n) is 9.90. The van der Waals surface area contributed by atoms with Crippen LogP contribution in [0.3, 0.4) is 0 Å². The summed E-state index contributed by atoms with van der Waals surface area (Å²) in [6.45, 7) is 3.92. The van der Waals surface area contributed by atoms with Crippen molar-refractivity contribution in [3.8, 4) is 0 Å². The van der Waals surface area contributed by atoms with Gasteiger partial charge in [0.2, 0.25) is 5.95 Å². The fourth-order valence-corrected chi connectivity index (χ4v) is 3.11. The summed E-state index contributed by atoms with van der Waals surface area (Å²) in [5, 5.41) is 11.7. The lowest BCUT2D eigenvalue weighted by Gasteiger charge is -2.22. The van der Waals surface area contributed by atoms with E-state index in [1.165, 1.54) is 25.7 Å². The third kappa shape index (κ3) is 1.66. The van der Waals surface area contributed by atoms with Crippen molar-refractivity contribution in [1.82, 2.24) is 15.2 Å². The number of rotatable bonds is 2. The van der Waals surface area contributed by atoms with Gasteiger partial charge >= 0.3 is 0 Å². The van der Waals surface area contributed by atoms with Crippen LogP contribution in [0.4, 0.5) is 5.95 Å². The van der Waals surface area contributed by atoms with Crippen molar-refractivity contribution >= 4 is 5.95 Å². The first-order valence-electron chi connectivity index (χ1n) is 6.17. The number of hydrogen-bond donors (Lipinski definition) is 1. The summed E-state index contributed by atoms with van der Waals surface area (Å²) in [6.07, 6.45) is 5.49. The number of fused-ring (bicyclic) bond motifs is 2. The first kappa shape index (κ1) is 10.00. The van der Waals surface area contributed by atoms with E-state index in [9.17, 15) is 0 Å². The van der Waals surface area contributed by atoms with Gasteiger partial charge in [0.1, 0.15) is 0 Å². The number of anilines is 1. The SMILES string of the molecule is Cc1nnc(NC2CC3CCC2C3)nc1C. The molecule has 2 fully saturated rings. The lowest BCUT2D eigenvalue weighted by molar-refractivity contribution is 0.437. The molecule has 1 heterocycles. The highest BCUT2D eigenvalue weighted by Gasteiger charge is 2.39. The van der Waals surface area contributed by atoms with E-state index >= 15 is 0 Å². The van der Waals surface area contributed by atoms with E-state index in [0.29, 0.717) is 12.0 Å². The van der Waals surface area contributed by atoms with E-state index < -0.39 is 0 Å². The summed E-state index contributed by atoms with van der Waals surface area (Å²) in [4.78, 5) is 4.44. The molecular weight excluding hydrogens is 200 g/mol. The Balaban J connectivity index is 1.72. The Bertz CT molecular complexity index is 404. The minimum absolute atomic E-state index is 0.586. The van der Waals surface area contributed by atoms with Crippen LogP contribution in [-0.2, 0) is 0 Å². The second-order valence-corrected chi connectivity index (χ2v) is 5.23. The maximum Gasteiger partial charge on any atom is 0.243 e. The first-order valence-corrected chi connectivity index (χ1v) is 6.17. The molecule has 0 aromatic carbocycles. The predicted octanol–water partition coefficient (Wildman–Crippen LogP) is 2.09. The van der Waals surface area contributed by atoms with Crippen molar-refractivity contribution in [2.24, 2.45) is 11.8 Å². The summed E-state index contributed by atoms with van der Waals surface area (Å²) in [5.74, 6) is 2.50. The Morgan fingerprint density at radius 2 is 1.94 bits per heavy atom. The molecule has 0 aliphatic heterocycles. The molecule has 1 aromatic rings. The largest absolute Gasteiger partial charge is 0.350 e. The van der Waals surface area contributed by atoms with Crippen LogP contribution in [-0.4, -0.2) is 21.2 Å². The molecule has 2 saturated carbocycles. The van der Waals surface area contributed by atoms with Gasteiger partial charge in [-0.25, -0.2) is 4.98 Å². The van der Waals surface area contributed by atoms with Gasteiger partial charge in [0.25, 0.3) is 0 Å². The highest BCUT2D eigenvalue weighted by Crippen LogP contribution is 2.45. The highest BCUT2D eigenvalue weighted by molar-refractivity contribution is 5.27. The number of nitrogens with one attached hydrogen (secondary N) is 1. The summed E-state index contributed by atoms with van der Waals surface area (Å²) in [7, 11) is 0. The van der Waals surface area contributed by atoms with Crippen molar-refractivity contribution < 1.29 is 0 Å². The molecule has 4 heteroatoms. The number of aryl methyl sites for hydroxylation is 2. The molecule has 0 saturated heterocycles. The van der Waals surface area contributed by atoms with Crippen LogP contribution in [0.15, 0.2) is 0 Å². The van der Waals surface area contributed by atoms with Gasteiger partial charge in [0, 0.05) is 6.04 Å². The molecule has 3 unspecified atom stereocenters. The second-order valence-electron chi connectivity index (χ2n) is 5.23. The van der Waals surface area contributed by atoms with Gasteiger partial charge in [-0.1, -0.05) is 6.42 Å². The molecule has 1 N–H and O–H groups in total. The summed E-state index contributed by atoms with van der Waals surface area (Å²) < 4.78 is 0. The van der Waals surface area contributed by atoms with Gasteiger partial charge in [-0.2, -0.15) is 5.10 Å². The molecule has 1 aromatic heterocycles. The van der Waals surface area contributed by atoms with Crippen LogP contribution in [0.2, 0.25) is 0 Å². The van der Waals surface area contributed by atoms with Crippen molar-refractivity contribution in [2.45, 2.75) is 45.6 Å². The van der Waals surface area contributed by atoms with E-state index in [0.717, 1.165) is 23.2 Å². The molecule has 0 spiro atoms. The Labute approximate surface area is 95.9 Å². The molecule has 3 rings (SSSR count). The fourth-order valence-electron chi connectivity index (χ4n) is 3.11. The number of aromatic nitrogens is 3. The van der Waals surface area contributed by atoms with Gasteiger partial charge in [0.05, 0.1) is 11.4 Å². The Morgan fingerprint density at radius 3 is 2.56 bits per heavy atom. The number of hydrogen-bond acceptors (Lipinski definition) is 4. The van der Waals surface area contributed by atoms with Crippen LogP contribution in [0.25, 0.3) is 0 Å². The highest BCUT2D eigenvalue weighted by atomic mass is 15.2. The maximum atomic E-state index is 4.44. The minimum atomic E-state index is 0.586. The Morgan fingerprint density at radius 1 is 1.06 bits per heavy atom. The first-order chi connectivity index (χ1) is 7.72. The zero-order valence-corrected chi connectivity index (χ0v) is 9.90. The van der Waals surface area contributed by atoms with Crippen molar-refractivity contribution in [3.63, 3.8) is 0 Å². The van der Waals surface area contributed by atoms with Gasteiger partial charge in [-0.05, 0) is 44.9 Å². The topological polar surface area (TPSA) is 50.7 Å². The molecule has 86 valence electrons. The third-order valence-electron chi connectivity index (χ3n) is 4.14. The van der Waals surface area contributed by atoms with Crippen LogP contribution in [0.5, 0.6) is 0 Å². The van der Waals surface area contributed by atoms with Crippen LogP contribution in [0.1, 0.15) is 37.1 Å². The Hall–Kier alpha value is -1.19. The van der Waals surface area contributed by atoms with Gasteiger partial charge in [-0.15, -0.1) is 5.10 Å². The van der Waals surface area contributed by atoms with Crippen molar-refractivity contribution in [2.75, 3.05) is 5.32 Å². The average molecular weight is 218 g/mol. The quantitative estimate of drug-likeness (QED) is 0.825. The lowest BCUT2D eigenvalue weighted by atomic mass is 9.95. The second kappa shape index (κ2) is 3.68. The minimum Gasteiger partial charge on any atom is -0.350 e. The molecule has 16 heavy (non-hydrogen) atoms. The van der Waals surface area contributed by atoms with Crippen molar-refractivity contribution in [1.29, 1.82) is 0 Å². The fraction of sp³-hybridized carbons (Fsp3) is 0.750. The molecule has 4 nitrogen and oxygen atoms in total. The van der Waals surface area contributed by atoms with E-state index in [-0.39, 0.29) is 0 Å². The maximum absolute atomic E-state index is 4.44. The summed E-state index contributed by atoms with van der Waals surface area (Å²) in [6, 6.07) is 0.586.